The number of para-hydroxylation sites is 1. The van der Waals surface area contributed by atoms with Crippen molar-refractivity contribution in [2.75, 3.05) is 36.5 Å². The van der Waals surface area contributed by atoms with E-state index in [0.29, 0.717) is 13.0 Å². The SMILES string of the molecule is CCc1cccc(C)c1NC(=O)CN(CC1CCCO1)C1CCS(=O)(=O)C1. The molecule has 2 fully saturated rings. The maximum Gasteiger partial charge on any atom is 0.238 e. The molecule has 2 saturated heterocycles. The molecule has 0 saturated carbocycles. The molecule has 3 rings (SSSR count). The smallest absolute Gasteiger partial charge is 0.238 e. The van der Waals surface area contributed by atoms with Crippen LogP contribution in [0.25, 0.3) is 0 Å². The zero-order valence-corrected chi connectivity index (χ0v) is 17.1. The van der Waals surface area contributed by atoms with Gasteiger partial charge in [0.1, 0.15) is 0 Å². The topological polar surface area (TPSA) is 75.7 Å². The van der Waals surface area contributed by atoms with E-state index in [9.17, 15) is 13.2 Å². The molecule has 0 spiro atoms. The summed E-state index contributed by atoms with van der Waals surface area (Å²) in [6.45, 7) is 5.61. The third kappa shape index (κ3) is 5.30. The van der Waals surface area contributed by atoms with E-state index in [0.717, 1.165) is 42.7 Å². The molecule has 2 aliphatic rings. The number of sulfone groups is 1. The normalized spacial score (nSPS) is 24.4. The van der Waals surface area contributed by atoms with Crippen molar-refractivity contribution in [3.05, 3.63) is 29.3 Å². The Labute approximate surface area is 162 Å². The molecule has 150 valence electrons. The van der Waals surface area contributed by atoms with E-state index in [4.69, 9.17) is 4.74 Å². The summed E-state index contributed by atoms with van der Waals surface area (Å²) in [7, 11) is -3.00. The molecule has 2 heterocycles. The first-order valence-corrected chi connectivity index (χ1v) is 11.6. The number of nitrogens with zero attached hydrogens (tertiary/aromatic N) is 1. The maximum atomic E-state index is 12.8. The number of anilines is 1. The maximum absolute atomic E-state index is 12.8. The van der Waals surface area contributed by atoms with Gasteiger partial charge in [0.25, 0.3) is 0 Å². The van der Waals surface area contributed by atoms with Gasteiger partial charge in [-0.2, -0.15) is 0 Å². The predicted octanol–water partition coefficient (Wildman–Crippen LogP) is 2.16. The Bertz CT molecular complexity index is 772. The molecule has 0 aliphatic carbocycles. The van der Waals surface area contributed by atoms with Crippen LogP contribution in [-0.4, -0.2) is 62.6 Å². The molecule has 2 aliphatic heterocycles. The predicted molar refractivity (Wildman–Crippen MR) is 107 cm³/mol. The summed E-state index contributed by atoms with van der Waals surface area (Å²) in [5.41, 5.74) is 3.02. The second-order valence-electron chi connectivity index (χ2n) is 7.63. The van der Waals surface area contributed by atoms with Crippen LogP contribution in [0, 0.1) is 6.92 Å². The monoisotopic (exact) mass is 394 g/mol. The Morgan fingerprint density at radius 1 is 1.33 bits per heavy atom. The van der Waals surface area contributed by atoms with Gasteiger partial charge < -0.3 is 10.1 Å². The van der Waals surface area contributed by atoms with Crippen LogP contribution >= 0.6 is 0 Å². The fraction of sp³-hybridized carbons (Fsp3) is 0.650. The Morgan fingerprint density at radius 3 is 2.78 bits per heavy atom. The van der Waals surface area contributed by atoms with Crippen LogP contribution in [0.5, 0.6) is 0 Å². The van der Waals surface area contributed by atoms with Gasteiger partial charge in [0.15, 0.2) is 9.84 Å². The third-order valence-electron chi connectivity index (χ3n) is 5.54. The van der Waals surface area contributed by atoms with Gasteiger partial charge in [-0.3, -0.25) is 9.69 Å². The number of aryl methyl sites for hydroxylation is 2. The molecule has 1 amide bonds. The number of hydrogen-bond donors (Lipinski definition) is 1. The number of carbonyl (C=O) groups is 1. The Hall–Kier alpha value is -1.44. The molecule has 2 atom stereocenters. The van der Waals surface area contributed by atoms with Crippen molar-refractivity contribution in [2.45, 2.75) is 51.7 Å². The zero-order chi connectivity index (χ0) is 19.4. The van der Waals surface area contributed by atoms with Crippen molar-refractivity contribution in [3.63, 3.8) is 0 Å². The van der Waals surface area contributed by atoms with Crippen LogP contribution in [0.3, 0.4) is 0 Å². The number of amides is 1. The molecular formula is C20H30N2O4S. The van der Waals surface area contributed by atoms with E-state index in [-0.39, 0.29) is 36.1 Å². The van der Waals surface area contributed by atoms with Gasteiger partial charge in [-0.05, 0) is 43.7 Å². The highest BCUT2D eigenvalue weighted by Crippen LogP contribution is 2.23. The van der Waals surface area contributed by atoms with E-state index in [2.05, 4.69) is 12.2 Å². The van der Waals surface area contributed by atoms with Gasteiger partial charge in [0.2, 0.25) is 5.91 Å². The average molecular weight is 395 g/mol. The second-order valence-corrected chi connectivity index (χ2v) is 9.86. The van der Waals surface area contributed by atoms with Crippen molar-refractivity contribution in [3.8, 4) is 0 Å². The van der Waals surface area contributed by atoms with E-state index in [1.54, 1.807) is 0 Å². The fourth-order valence-electron chi connectivity index (χ4n) is 4.02. The molecule has 2 unspecified atom stereocenters. The van der Waals surface area contributed by atoms with Gasteiger partial charge in [-0.1, -0.05) is 25.1 Å². The van der Waals surface area contributed by atoms with Gasteiger partial charge >= 0.3 is 0 Å². The molecular weight excluding hydrogens is 364 g/mol. The summed E-state index contributed by atoms with van der Waals surface area (Å²) in [5.74, 6) is 0.248. The number of ether oxygens (including phenoxy) is 1. The van der Waals surface area contributed by atoms with E-state index >= 15 is 0 Å². The summed E-state index contributed by atoms with van der Waals surface area (Å²) < 4.78 is 29.6. The summed E-state index contributed by atoms with van der Waals surface area (Å²) in [6, 6.07) is 5.91. The average Bonchev–Trinajstić information content (AvgIpc) is 3.25. The minimum absolute atomic E-state index is 0.0887. The van der Waals surface area contributed by atoms with Gasteiger partial charge in [-0.25, -0.2) is 8.42 Å². The highest BCUT2D eigenvalue weighted by atomic mass is 32.2. The van der Waals surface area contributed by atoms with Crippen LogP contribution in [0.15, 0.2) is 18.2 Å². The lowest BCUT2D eigenvalue weighted by Gasteiger charge is -2.29. The Kier molecular flexibility index (Phi) is 6.55. The van der Waals surface area contributed by atoms with Crippen LogP contribution in [0.4, 0.5) is 5.69 Å². The quantitative estimate of drug-likeness (QED) is 0.767. The van der Waals surface area contributed by atoms with Gasteiger partial charge in [0, 0.05) is 24.9 Å². The van der Waals surface area contributed by atoms with Gasteiger partial charge in [-0.15, -0.1) is 0 Å². The lowest BCUT2D eigenvalue weighted by atomic mass is 10.1. The lowest BCUT2D eigenvalue weighted by Crippen LogP contribution is -2.45. The third-order valence-corrected chi connectivity index (χ3v) is 7.29. The summed E-state index contributed by atoms with van der Waals surface area (Å²) >= 11 is 0. The van der Waals surface area contributed by atoms with Crippen LogP contribution in [0.2, 0.25) is 0 Å². The lowest BCUT2D eigenvalue weighted by molar-refractivity contribution is -0.118. The molecule has 0 bridgehead atoms. The molecule has 1 aromatic rings. The minimum atomic E-state index is -3.00. The standard InChI is InChI=1S/C20H30N2O4S/c1-3-16-7-4-6-15(2)20(16)21-19(23)13-22(12-18-8-5-10-26-18)17-9-11-27(24,25)14-17/h4,6-7,17-18H,3,5,8-14H2,1-2H3,(H,21,23). The number of rotatable bonds is 7. The second kappa shape index (κ2) is 8.71. The van der Waals surface area contributed by atoms with E-state index in [1.165, 1.54) is 0 Å². The number of carbonyl (C=O) groups excluding carboxylic acids is 1. The molecule has 7 heteroatoms. The van der Waals surface area contributed by atoms with Gasteiger partial charge in [0.05, 0.1) is 24.2 Å². The highest BCUT2D eigenvalue weighted by Gasteiger charge is 2.34. The largest absolute Gasteiger partial charge is 0.377 e. The fourth-order valence-corrected chi connectivity index (χ4v) is 5.78. The van der Waals surface area contributed by atoms with Crippen molar-refractivity contribution < 1.29 is 17.9 Å². The zero-order valence-electron chi connectivity index (χ0n) is 16.2. The summed E-state index contributed by atoms with van der Waals surface area (Å²) in [5, 5.41) is 3.06. The van der Waals surface area contributed by atoms with Crippen molar-refractivity contribution >= 4 is 21.4 Å². The molecule has 6 nitrogen and oxygen atoms in total. The first-order valence-electron chi connectivity index (χ1n) is 9.82. The highest BCUT2D eigenvalue weighted by molar-refractivity contribution is 7.91. The molecule has 0 radical (unpaired) electrons. The van der Waals surface area contributed by atoms with E-state index < -0.39 is 9.84 Å². The first-order chi connectivity index (χ1) is 12.9. The Morgan fingerprint density at radius 2 is 2.15 bits per heavy atom. The molecule has 1 aromatic carbocycles. The van der Waals surface area contributed by atoms with E-state index in [1.807, 2.05) is 30.0 Å². The molecule has 0 aromatic heterocycles. The number of nitrogens with one attached hydrogen (secondary N) is 1. The van der Waals surface area contributed by atoms with Crippen LogP contribution in [0.1, 0.15) is 37.3 Å². The summed E-state index contributed by atoms with van der Waals surface area (Å²) in [4.78, 5) is 14.8. The van der Waals surface area contributed by atoms with Crippen molar-refractivity contribution in [2.24, 2.45) is 0 Å². The first kappa shape index (κ1) is 20.3. The van der Waals surface area contributed by atoms with Crippen molar-refractivity contribution in [1.82, 2.24) is 4.90 Å². The molecule has 1 N–H and O–H groups in total. The Balaban J connectivity index is 1.70. The summed E-state index contributed by atoms with van der Waals surface area (Å²) in [6.07, 6.45) is 3.52. The minimum Gasteiger partial charge on any atom is -0.377 e. The number of benzene rings is 1. The molecule has 27 heavy (non-hydrogen) atoms. The van der Waals surface area contributed by atoms with Crippen LogP contribution in [-0.2, 0) is 25.8 Å². The van der Waals surface area contributed by atoms with Crippen LogP contribution < -0.4 is 5.32 Å². The number of hydrogen-bond acceptors (Lipinski definition) is 5. The van der Waals surface area contributed by atoms with Crippen molar-refractivity contribution in [1.29, 1.82) is 0 Å².